The zero-order valence-corrected chi connectivity index (χ0v) is 16.9. The molecule has 0 atom stereocenters. The second-order valence-electron chi connectivity index (χ2n) is 8.52. The smallest absolute Gasteiger partial charge is 0.270 e. The molecule has 7 rings (SSSR count). The predicted molar refractivity (Wildman–Crippen MR) is 115 cm³/mol. The Labute approximate surface area is 178 Å². The fourth-order valence-electron chi connectivity index (χ4n) is 4.57. The average Bonchev–Trinajstić information content (AvgIpc) is 3.12. The van der Waals surface area contributed by atoms with E-state index in [1.165, 1.54) is 28.9 Å². The van der Waals surface area contributed by atoms with Gasteiger partial charge in [0.2, 0.25) is 0 Å². The van der Waals surface area contributed by atoms with Crippen molar-refractivity contribution in [3.63, 3.8) is 0 Å². The van der Waals surface area contributed by atoms with Gasteiger partial charge in [0.25, 0.3) is 11.5 Å². The van der Waals surface area contributed by atoms with Gasteiger partial charge in [0, 0.05) is 37.2 Å². The minimum Gasteiger partial charge on any atom is -0.345 e. The number of carbonyl (C=O) groups excluding carboxylic acids is 1. The van der Waals surface area contributed by atoms with Crippen LogP contribution < -0.4 is 16.2 Å². The summed E-state index contributed by atoms with van der Waals surface area (Å²) in [5.41, 5.74) is 3.05. The fourth-order valence-corrected chi connectivity index (χ4v) is 4.57. The third kappa shape index (κ3) is 3.19. The molecule has 0 radical (unpaired) electrons. The molecule has 0 saturated heterocycles. The number of aromatic nitrogens is 4. The summed E-state index contributed by atoms with van der Waals surface area (Å²) in [6.45, 7) is 1.12. The Morgan fingerprint density at radius 2 is 1.90 bits per heavy atom. The molecule has 3 fully saturated rings. The Bertz CT molecular complexity index is 1360. The number of fused-ring (bicyclic) bond motifs is 2. The molecule has 2 bridgehead atoms. The maximum atomic E-state index is 12.5. The predicted octanol–water partition coefficient (Wildman–Crippen LogP) is 1.77. The van der Waals surface area contributed by atoms with Crippen molar-refractivity contribution in [3.8, 4) is 0 Å². The highest BCUT2D eigenvalue weighted by molar-refractivity contribution is 5.92. The third-order valence-electron chi connectivity index (χ3n) is 6.56. The standard InChI is InChI=1S/C23H22N6O2/c30-21-9-18(27-20-3-1-2-6-29(20)21)23(31)25-11-17-13-28-12-14(4-5-19(28)26-17)10-24-22-15-7-16(22)8-15/h1-6,9,12-13,15-16,22,24H,7-8,10-11H2,(H,25,31). The minimum atomic E-state index is -0.399. The number of hydrogen-bond acceptors (Lipinski definition) is 5. The molecule has 8 nitrogen and oxygen atoms in total. The molecular weight excluding hydrogens is 392 g/mol. The lowest BCUT2D eigenvalue weighted by atomic mass is 9.52. The number of amides is 1. The van der Waals surface area contributed by atoms with Gasteiger partial charge in [0.05, 0.1) is 12.2 Å². The molecule has 0 aliphatic heterocycles. The van der Waals surface area contributed by atoms with Crippen LogP contribution in [0.15, 0.2) is 59.8 Å². The summed E-state index contributed by atoms with van der Waals surface area (Å²) >= 11 is 0. The van der Waals surface area contributed by atoms with Gasteiger partial charge in [-0.3, -0.25) is 14.0 Å². The summed E-state index contributed by atoms with van der Waals surface area (Å²) in [6, 6.07) is 11.3. The van der Waals surface area contributed by atoms with Crippen LogP contribution in [0.4, 0.5) is 0 Å². The molecule has 1 amide bonds. The van der Waals surface area contributed by atoms with E-state index in [2.05, 4.69) is 32.9 Å². The van der Waals surface area contributed by atoms with Crippen LogP contribution in [-0.4, -0.2) is 30.7 Å². The number of hydrogen-bond donors (Lipinski definition) is 2. The van der Waals surface area contributed by atoms with E-state index in [-0.39, 0.29) is 17.8 Å². The van der Waals surface area contributed by atoms with Crippen molar-refractivity contribution in [2.45, 2.75) is 32.0 Å². The molecule has 3 saturated carbocycles. The van der Waals surface area contributed by atoms with Crippen molar-refractivity contribution in [1.82, 2.24) is 29.4 Å². The van der Waals surface area contributed by atoms with E-state index in [9.17, 15) is 9.59 Å². The molecule has 2 N–H and O–H groups in total. The Kier molecular flexibility index (Phi) is 4.14. The lowest BCUT2D eigenvalue weighted by Gasteiger charge is -2.58. The normalized spacial score (nSPS) is 21.6. The van der Waals surface area contributed by atoms with E-state index in [4.69, 9.17) is 0 Å². The number of carbonyl (C=O) groups is 1. The summed E-state index contributed by atoms with van der Waals surface area (Å²) in [4.78, 5) is 33.6. The topological polar surface area (TPSA) is 92.8 Å². The summed E-state index contributed by atoms with van der Waals surface area (Å²) in [5, 5.41) is 6.47. The average molecular weight is 414 g/mol. The molecule has 156 valence electrons. The van der Waals surface area contributed by atoms with E-state index in [0.29, 0.717) is 11.7 Å². The SMILES string of the molecule is O=C(NCc1cn2cc(CNC3C4CC3C4)ccc2n1)c1cc(=O)n2ccccc2n1. The first-order valence-electron chi connectivity index (χ1n) is 10.6. The molecular formula is C23H22N6O2. The number of pyridine rings is 2. The highest BCUT2D eigenvalue weighted by atomic mass is 16.2. The number of imidazole rings is 1. The van der Waals surface area contributed by atoms with E-state index < -0.39 is 5.91 Å². The summed E-state index contributed by atoms with van der Waals surface area (Å²) in [5.74, 6) is 1.39. The van der Waals surface area contributed by atoms with Gasteiger partial charge in [-0.2, -0.15) is 0 Å². The van der Waals surface area contributed by atoms with Crippen molar-refractivity contribution >= 4 is 17.2 Å². The first kappa shape index (κ1) is 18.3. The van der Waals surface area contributed by atoms with Crippen LogP contribution in [0, 0.1) is 11.8 Å². The van der Waals surface area contributed by atoms with Crippen molar-refractivity contribution in [2.24, 2.45) is 11.8 Å². The third-order valence-corrected chi connectivity index (χ3v) is 6.56. The van der Waals surface area contributed by atoms with Crippen LogP contribution in [0.25, 0.3) is 11.3 Å². The quantitative estimate of drug-likeness (QED) is 0.502. The second-order valence-corrected chi connectivity index (χ2v) is 8.52. The van der Waals surface area contributed by atoms with Crippen molar-refractivity contribution in [1.29, 1.82) is 0 Å². The Morgan fingerprint density at radius 1 is 1.03 bits per heavy atom. The van der Waals surface area contributed by atoms with Crippen LogP contribution in [0.1, 0.15) is 34.6 Å². The van der Waals surface area contributed by atoms with Gasteiger partial charge in [-0.15, -0.1) is 0 Å². The van der Waals surface area contributed by atoms with E-state index in [1.54, 1.807) is 24.4 Å². The van der Waals surface area contributed by atoms with Gasteiger partial charge < -0.3 is 15.0 Å². The highest BCUT2D eigenvalue weighted by Gasteiger charge is 2.51. The van der Waals surface area contributed by atoms with Crippen molar-refractivity contribution in [3.05, 3.63) is 82.3 Å². The highest BCUT2D eigenvalue weighted by Crippen LogP contribution is 2.53. The summed E-state index contributed by atoms with van der Waals surface area (Å²) < 4.78 is 3.39. The molecule has 3 aliphatic carbocycles. The van der Waals surface area contributed by atoms with Crippen LogP contribution in [-0.2, 0) is 13.1 Å². The first-order chi connectivity index (χ1) is 15.1. The zero-order chi connectivity index (χ0) is 20.9. The van der Waals surface area contributed by atoms with Crippen molar-refractivity contribution in [2.75, 3.05) is 0 Å². The molecule has 31 heavy (non-hydrogen) atoms. The van der Waals surface area contributed by atoms with Gasteiger partial charge in [-0.1, -0.05) is 12.1 Å². The van der Waals surface area contributed by atoms with Crippen LogP contribution in [0.5, 0.6) is 0 Å². The molecule has 0 unspecified atom stereocenters. The Morgan fingerprint density at radius 3 is 2.71 bits per heavy atom. The van der Waals surface area contributed by atoms with E-state index >= 15 is 0 Å². The summed E-state index contributed by atoms with van der Waals surface area (Å²) in [7, 11) is 0. The molecule has 0 spiro atoms. The fraction of sp³-hybridized carbons (Fsp3) is 0.304. The van der Waals surface area contributed by atoms with Gasteiger partial charge in [0.15, 0.2) is 0 Å². The molecule has 4 aromatic heterocycles. The Hall–Kier alpha value is -3.52. The van der Waals surface area contributed by atoms with Gasteiger partial charge in [-0.05, 0) is 48.4 Å². The van der Waals surface area contributed by atoms with Gasteiger partial charge in [0.1, 0.15) is 17.0 Å². The van der Waals surface area contributed by atoms with Gasteiger partial charge in [-0.25, -0.2) is 9.97 Å². The number of nitrogens with zero attached hydrogens (tertiary/aromatic N) is 4. The minimum absolute atomic E-state index is 0.0994. The molecule has 4 aromatic rings. The lowest BCUT2D eigenvalue weighted by Crippen LogP contribution is -2.61. The maximum absolute atomic E-state index is 12.5. The van der Waals surface area contributed by atoms with Crippen LogP contribution in [0.2, 0.25) is 0 Å². The van der Waals surface area contributed by atoms with Crippen molar-refractivity contribution < 1.29 is 4.79 Å². The molecule has 8 heteroatoms. The number of nitrogens with one attached hydrogen (secondary N) is 2. The molecule has 4 heterocycles. The van der Waals surface area contributed by atoms with E-state index in [0.717, 1.165) is 29.7 Å². The lowest BCUT2D eigenvalue weighted by molar-refractivity contribution is -0.0421. The van der Waals surface area contributed by atoms with Crippen LogP contribution in [0.3, 0.4) is 0 Å². The Balaban J connectivity index is 1.13. The number of rotatable bonds is 6. The monoisotopic (exact) mass is 414 g/mol. The van der Waals surface area contributed by atoms with E-state index in [1.807, 2.05) is 16.7 Å². The summed E-state index contributed by atoms with van der Waals surface area (Å²) in [6.07, 6.45) is 8.43. The van der Waals surface area contributed by atoms with Gasteiger partial charge >= 0.3 is 0 Å². The largest absolute Gasteiger partial charge is 0.345 e. The molecule has 0 aromatic carbocycles. The molecule has 3 aliphatic rings. The zero-order valence-electron chi connectivity index (χ0n) is 16.9. The second kappa shape index (κ2) is 7.02. The first-order valence-corrected chi connectivity index (χ1v) is 10.6. The maximum Gasteiger partial charge on any atom is 0.270 e. The van der Waals surface area contributed by atoms with Crippen LogP contribution >= 0.6 is 0 Å².